The predicted molar refractivity (Wildman–Crippen MR) is 104 cm³/mol. The molecule has 30 heavy (non-hydrogen) atoms. The molecule has 0 aromatic heterocycles. The first-order chi connectivity index (χ1) is 13.8. The highest BCUT2D eigenvalue weighted by Gasteiger charge is 2.32. The molecule has 0 aromatic carbocycles. The van der Waals surface area contributed by atoms with Gasteiger partial charge in [-0.25, -0.2) is 4.79 Å². The molecular weight excluding hydrogens is 400 g/mol. The van der Waals surface area contributed by atoms with Crippen molar-refractivity contribution in [3.05, 3.63) is 0 Å². The molecule has 0 aliphatic carbocycles. The summed E-state index contributed by atoms with van der Waals surface area (Å²) in [5.41, 5.74) is 5.52. The van der Waals surface area contributed by atoms with Crippen LogP contribution >= 0.6 is 0 Å². The van der Waals surface area contributed by atoms with Gasteiger partial charge in [0.25, 0.3) is 0 Å². The zero-order valence-corrected chi connectivity index (χ0v) is 17.5. The third-order valence-electron chi connectivity index (χ3n) is 4.28. The smallest absolute Gasteiger partial charge is 0.326 e. The SMILES string of the molecule is CC1CC(=O)N(C)C1=O.CCC(N)C(=O)NC(C)CC(=O)NC(CC(=O)O)C(=O)O. The second-order valence-corrected chi connectivity index (χ2v) is 7.08. The number of carbonyl (C=O) groups is 6. The van der Waals surface area contributed by atoms with Crippen molar-refractivity contribution in [1.82, 2.24) is 15.5 Å². The highest BCUT2D eigenvalue weighted by molar-refractivity contribution is 6.02. The van der Waals surface area contributed by atoms with Crippen molar-refractivity contribution in [2.75, 3.05) is 7.05 Å². The summed E-state index contributed by atoms with van der Waals surface area (Å²) in [5.74, 6) is -4.05. The van der Waals surface area contributed by atoms with Crippen LogP contribution in [0.4, 0.5) is 0 Å². The molecule has 170 valence electrons. The van der Waals surface area contributed by atoms with Gasteiger partial charge in [0.05, 0.1) is 12.5 Å². The maximum atomic E-state index is 11.6. The molecular formula is C18H30N4O8. The average Bonchev–Trinajstić information content (AvgIpc) is 2.85. The first-order valence-electron chi connectivity index (χ1n) is 9.40. The number of rotatable bonds is 9. The molecule has 1 fully saturated rings. The van der Waals surface area contributed by atoms with Crippen LogP contribution in [0, 0.1) is 5.92 Å². The fourth-order valence-electron chi connectivity index (χ4n) is 2.43. The molecule has 1 heterocycles. The van der Waals surface area contributed by atoms with E-state index in [9.17, 15) is 28.8 Å². The van der Waals surface area contributed by atoms with Gasteiger partial charge in [0, 0.05) is 31.8 Å². The fourth-order valence-corrected chi connectivity index (χ4v) is 2.43. The Morgan fingerprint density at radius 1 is 1.17 bits per heavy atom. The van der Waals surface area contributed by atoms with Crippen molar-refractivity contribution in [2.24, 2.45) is 11.7 Å². The molecule has 4 amide bonds. The summed E-state index contributed by atoms with van der Waals surface area (Å²) in [6.07, 6.45) is -0.0616. The standard InChI is InChI=1S/C12H21N3O6.C6H9NO2/c1-3-7(13)11(19)14-6(2)4-9(16)15-8(12(20)21)5-10(17)18;1-4-3-5(8)7(2)6(4)9/h6-8H,3-5,13H2,1-2H3,(H,14,19)(H,15,16)(H,17,18)(H,20,21);4H,3H2,1-2H3. The van der Waals surface area contributed by atoms with Crippen molar-refractivity contribution >= 4 is 35.6 Å². The maximum absolute atomic E-state index is 11.6. The summed E-state index contributed by atoms with van der Waals surface area (Å²) in [4.78, 5) is 67.1. The summed E-state index contributed by atoms with van der Waals surface area (Å²) in [6, 6.07) is -2.72. The Kier molecular flexibility index (Phi) is 11.3. The summed E-state index contributed by atoms with van der Waals surface area (Å²) < 4.78 is 0. The van der Waals surface area contributed by atoms with Crippen molar-refractivity contribution < 1.29 is 39.0 Å². The molecule has 4 unspecified atom stereocenters. The van der Waals surface area contributed by atoms with Gasteiger partial charge >= 0.3 is 11.9 Å². The van der Waals surface area contributed by atoms with E-state index in [2.05, 4.69) is 10.6 Å². The number of hydrogen-bond acceptors (Lipinski definition) is 7. The number of amides is 4. The lowest BCUT2D eigenvalue weighted by molar-refractivity contribution is -0.147. The predicted octanol–water partition coefficient (Wildman–Crippen LogP) is -1.33. The van der Waals surface area contributed by atoms with Gasteiger partial charge in [0.15, 0.2) is 0 Å². The number of carbonyl (C=O) groups excluding carboxylic acids is 4. The Hall–Kier alpha value is -3.02. The molecule has 0 spiro atoms. The first kappa shape index (κ1) is 27.0. The van der Waals surface area contributed by atoms with Crippen molar-refractivity contribution in [3.63, 3.8) is 0 Å². The fraction of sp³-hybridized carbons (Fsp3) is 0.667. The topological polar surface area (TPSA) is 196 Å². The van der Waals surface area contributed by atoms with Crippen LogP contribution in [0.1, 0.15) is 46.5 Å². The number of hydrogen-bond donors (Lipinski definition) is 5. The second kappa shape index (κ2) is 12.5. The number of carboxylic acids is 2. The highest BCUT2D eigenvalue weighted by atomic mass is 16.4. The van der Waals surface area contributed by atoms with Crippen LogP contribution in [0.15, 0.2) is 0 Å². The van der Waals surface area contributed by atoms with E-state index < -0.39 is 48.3 Å². The Morgan fingerprint density at radius 2 is 1.73 bits per heavy atom. The molecule has 1 saturated heterocycles. The van der Waals surface area contributed by atoms with Crippen LogP contribution in [0.5, 0.6) is 0 Å². The minimum Gasteiger partial charge on any atom is -0.481 e. The first-order valence-corrected chi connectivity index (χ1v) is 9.40. The zero-order valence-electron chi connectivity index (χ0n) is 17.5. The van der Waals surface area contributed by atoms with Gasteiger partial charge in [0.2, 0.25) is 23.6 Å². The molecule has 1 rings (SSSR count). The molecule has 0 radical (unpaired) electrons. The number of likely N-dealkylation sites (tertiary alicyclic amines) is 1. The lowest BCUT2D eigenvalue weighted by atomic mass is 10.1. The van der Waals surface area contributed by atoms with Crippen molar-refractivity contribution in [1.29, 1.82) is 0 Å². The van der Waals surface area contributed by atoms with Crippen molar-refractivity contribution in [2.45, 2.75) is 64.6 Å². The molecule has 4 atom stereocenters. The maximum Gasteiger partial charge on any atom is 0.326 e. The Bertz CT molecular complexity index is 681. The summed E-state index contributed by atoms with van der Waals surface area (Å²) in [6.45, 7) is 5.07. The van der Waals surface area contributed by atoms with Gasteiger partial charge in [-0.1, -0.05) is 13.8 Å². The van der Waals surface area contributed by atoms with E-state index in [1.807, 2.05) is 0 Å². The minimum absolute atomic E-state index is 0.0556. The number of nitrogens with zero attached hydrogens (tertiary/aromatic N) is 1. The molecule has 0 bridgehead atoms. The average molecular weight is 430 g/mol. The number of imide groups is 1. The monoisotopic (exact) mass is 430 g/mol. The van der Waals surface area contributed by atoms with E-state index >= 15 is 0 Å². The highest BCUT2D eigenvalue weighted by Crippen LogP contribution is 2.15. The lowest BCUT2D eigenvalue weighted by Gasteiger charge is -2.18. The van der Waals surface area contributed by atoms with E-state index in [0.29, 0.717) is 12.8 Å². The summed E-state index contributed by atoms with van der Waals surface area (Å²) in [5, 5.41) is 21.9. The Labute approximate surface area is 174 Å². The van der Waals surface area contributed by atoms with Crippen LogP contribution in [0.25, 0.3) is 0 Å². The number of nitrogens with one attached hydrogen (secondary N) is 2. The number of nitrogens with two attached hydrogens (primary N) is 1. The zero-order chi connectivity index (χ0) is 23.6. The van der Waals surface area contributed by atoms with Crippen LogP contribution in [-0.4, -0.2) is 75.9 Å². The molecule has 12 heteroatoms. The minimum atomic E-state index is -1.50. The van der Waals surface area contributed by atoms with E-state index in [4.69, 9.17) is 15.9 Å². The summed E-state index contributed by atoms with van der Waals surface area (Å²) >= 11 is 0. The quantitative estimate of drug-likeness (QED) is 0.275. The van der Waals surface area contributed by atoms with Crippen LogP contribution < -0.4 is 16.4 Å². The van der Waals surface area contributed by atoms with Gasteiger partial charge < -0.3 is 26.6 Å². The molecule has 12 nitrogen and oxygen atoms in total. The van der Waals surface area contributed by atoms with Crippen LogP contribution in [0.3, 0.4) is 0 Å². The third kappa shape index (κ3) is 9.45. The van der Waals surface area contributed by atoms with Gasteiger partial charge in [-0.05, 0) is 13.3 Å². The molecule has 1 aliphatic rings. The van der Waals surface area contributed by atoms with Crippen LogP contribution in [-0.2, 0) is 28.8 Å². The lowest BCUT2D eigenvalue weighted by Crippen LogP contribution is -2.47. The van der Waals surface area contributed by atoms with E-state index in [0.717, 1.165) is 0 Å². The van der Waals surface area contributed by atoms with Gasteiger partial charge in [-0.3, -0.25) is 28.9 Å². The number of carboxylic acid groups (broad SMARTS) is 2. The van der Waals surface area contributed by atoms with E-state index in [1.165, 1.54) is 11.9 Å². The molecule has 0 aromatic rings. The summed E-state index contributed by atoms with van der Waals surface area (Å²) in [7, 11) is 1.52. The Balaban J connectivity index is 0.000000769. The van der Waals surface area contributed by atoms with Gasteiger partial charge in [0.1, 0.15) is 6.04 Å². The molecule has 6 N–H and O–H groups in total. The van der Waals surface area contributed by atoms with Gasteiger partial charge in [-0.15, -0.1) is 0 Å². The number of aliphatic carboxylic acids is 2. The molecule has 1 aliphatic heterocycles. The Morgan fingerprint density at radius 3 is 2.07 bits per heavy atom. The van der Waals surface area contributed by atoms with E-state index in [1.54, 1.807) is 20.8 Å². The second-order valence-electron chi connectivity index (χ2n) is 7.08. The van der Waals surface area contributed by atoms with Crippen molar-refractivity contribution in [3.8, 4) is 0 Å². The largest absolute Gasteiger partial charge is 0.481 e. The normalized spacial score (nSPS) is 18.6. The van der Waals surface area contributed by atoms with E-state index in [-0.39, 0.29) is 24.2 Å². The van der Waals surface area contributed by atoms with Gasteiger partial charge in [-0.2, -0.15) is 0 Å². The van der Waals surface area contributed by atoms with Crippen LogP contribution in [0.2, 0.25) is 0 Å². The molecule has 0 saturated carbocycles. The third-order valence-corrected chi connectivity index (χ3v) is 4.28.